The largest absolute Gasteiger partial charge is 0.456 e. The third-order valence-electron chi connectivity index (χ3n) is 9.40. The zero-order valence-electron chi connectivity index (χ0n) is 26.2. The summed E-state index contributed by atoms with van der Waals surface area (Å²) in [6.07, 6.45) is 3.66. The lowest BCUT2D eigenvalue weighted by molar-refractivity contribution is 0.669. The molecule has 0 amide bonds. The Labute approximate surface area is 281 Å². The molecule has 0 unspecified atom stereocenters. The Balaban J connectivity index is 1.18. The van der Waals surface area contributed by atoms with Crippen molar-refractivity contribution in [3.8, 4) is 45.3 Å². The molecule has 10 rings (SSSR count). The first kappa shape index (κ1) is 27.4. The van der Waals surface area contributed by atoms with E-state index in [9.17, 15) is 0 Å². The normalized spacial score (nSPS) is 11.7. The lowest BCUT2D eigenvalue weighted by atomic mass is 9.92. The summed E-state index contributed by atoms with van der Waals surface area (Å²) >= 11 is 0. The van der Waals surface area contributed by atoms with Crippen LogP contribution in [-0.2, 0) is 0 Å². The van der Waals surface area contributed by atoms with Gasteiger partial charge in [0.05, 0.1) is 0 Å². The number of aromatic nitrogens is 4. The molecule has 0 saturated heterocycles. The van der Waals surface area contributed by atoms with E-state index in [-0.39, 0.29) is 0 Å². The van der Waals surface area contributed by atoms with Gasteiger partial charge in [-0.05, 0) is 73.8 Å². The molecule has 3 aromatic heterocycles. The molecule has 0 atom stereocenters. The van der Waals surface area contributed by atoms with Gasteiger partial charge in [-0.25, -0.2) is 15.0 Å². The summed E-state index contributed by atoms with van der Waals surface area (Å²) in [6.45, 7) is 0. The molecule has 0 N–H and O–H groups in total. The number of nitrogens with zero attached hydrogens (tertiary/aromatic N) is 4. The molecule has 7 aromatic carbocycles. The summed E-state index contributed by atoms with van der Waals surface area (Å²) in [7, 11) is 0. The highest BCUT2D eigenvalue weighted by Crippen LogP contribution is 2.41. The van der Waals surface area contributed by atoms with Crippen LogP contribution in [0, 0.1) is 0 Å². The summed E-state index contributed by atoms with van der Waals surface area (Å²) in [6, 6.07) is 50.3. The second-order valence-corrected chi connectivity index (χ2v) is 12.3. The predicted octanol–water partition coefficient (Wildman–Crippen LogP) is 11.3. The van der Waals surface area contributed by atoms with Crippen LogP contribution in [-0.4, -0.2) is 19.9 Å². The highest BCUT2D eigenvalue weighted by atomic mass is 16.3. The summed E-state index contributed by atoms with van der Waals surface area (Å²) < 4.78 is 6.30. The van der Waals surface area contributed by atoms with Gasteiger partial charge in [-0.2, -0.15) is 0 Å². The minimum absolute atomic E-state index is 0.624. The molecule has 0 saturated carbocycles. The van der Waals surface area contributed by atoms with Gasteiger partial charge in [0, 0.05) is 39.9 Å². The van der Waals surface area contributed by atoms with Gasteiger partial charge in [0.2, 0.25) is 0 Å². The summed E-state index contributed by atoms with van der Waals surface area (Å²) in [5, 5.41) is 9.28. The molecule has 3 heterocycles. The fourth-order valence-electron chi connectivity index (χ4n) is 7.01. The fraction of sp³-hybridized carbons (Fsp3) is 0. The topological polar surface area (TPSA) is 64.7 Å². The van der Waals surface area contributed by atoms with Gasteiger partial charge in [-0.15, -0.1) is 0 Å². The number of para-hydroxylation sites is 1. The van der Waals surface area contributed by atoms with E-state index in [2.05, 4.69) is 102 Å². The molecule has 0 fully saturated rings. The van der Waals surface area contributed by atoms with Crippen molar-refractivity contribution in [2.24, 2.45) is 0 Å². The number of pyridine rings is 1. The number of hydrogen-bond acceptors (Lipinski definition) is 5. The van der Waals surface area contributed by atoms with E-state index in [0.717, 1.165) is 55.1 Å². The number of rotatable bonds is 4. The van der Waals surface area contributed by atoms with Crippen LogP contribution in [0.3, 0.4) is 0 Å². The van der Waals surface area contributed by atoms with E-state index in [4.69, 9.17) is 19.4 Å². The van der Waals surface area contributed by atoms with Gasteiger partial charge in [-0.3, -0.25) is 4.98 Å². The predicted molar refractivity (Wildman–Crippen MR) is 199 cm³/mol. The molecule has 5 nitrogen and oxygen atoms in total. The lowest BCUT2D eigenvalue weighted by Crippen LogP contribution is -2.00. The monoisotopic (exact) mass is 626 g/mol. The van der Waals surface area contributed by atoms with Gasteiger partial charge in [0.25, 0.3) is 0 Å². The van der Waals surface area contributed by atoms with E-state index >= 15 is 0 Å². The van der Waals surface area contributed by atoms with Crippen LogP contribution in [0.2, 0.25) is 0 Å². The van der Waals surface area contributed by atoms with Crippen LogP contribution in [0.1, 0.15) is 0 Å². The van der Waals surface area contributed by atoms with Crippen LogP contribution in [0.5, 0.6) is 0 Å². The molecular weight excluding hydrogens is 601 g/mol. The highest BCUT2D eigenvalue weighted by molar-refractivity contribution is 6.28. The smallest absolute Gasteiger partial charge is 0.164 e. The van der Waals surface area contributed by atoms with Crippen molar-refractivity contribution in [2.75, 3.05) is 0 Å². The quantitative estimate of drug-likeness (QED) is 0.182. The van der Waals surface area contributed by atoms with Crippen molar-refractivity contribution in [1.82, 2.24) is 19.9 Å². The van der Waals surface area contributed by atoms with Crippen molar-refractivity contribution < 1.29 is 4.42 Å². The highest BCUT2D eigenvalue weighted by Gasteiger charge is 2.17. The van der Waals surface area contributed by atoms with E-state index in [1.165, 1.54) is 26.9 Å². The van der Waals surface area contributed by atoms with Crippen molar-refractivity contribution in [2.45, 2.75) is 0 Å². The van der Waals surface area contributed by atoms with Crippen LogP contribution >= 0.6 is 0 Å². The molecular formula is C44H26N4O. The maximum absolute atomic E-state index is 6.30. The Kier molecular flexibility index (Phi) is 6.11. The van der Waals surface area contributed by atoms with E-state index < -0.39 is 0 Å². The molecule has 0 aliphatic carbocycles. The first-order valence-corrected chi connectivity index (χ1v) is 16.3. The summed E-state index contributed by atoms with van der Waals surface area (Å²) in [5.74, 6) is 1.89. The maximum Gasteiger partial charge on any atom is 0.164 e. The third kappa shape index (κ3) is 4.55. The third-order valence-corrected chi connectivity index (χ3v) is 9.40. The van der Waals surface area contributed by atoms with Crippen LogP contribution in [0.25, 0.3) is 99.5 Å². The molecule has 228 valence electrons. The molecule has 5 heteroatoms. The van der Waals surface area contributed by atoms with E-state index in [1.807, 2.05) is 54.7 Å². The zero-order valence-corrected chi connectivity index (χ0v) is 26.2. The summed E-state index contributed by atoms with van der Waals surface area (Å²) in [5.41, 5.74) is 6.73. The van der Waals surface area contributed by atoms with Gasteiger partial charge >= 0.3 is 0 Å². The molecule has 0 aliphatic heterocycles. The van der Waals surface area contributed by atoms with Crippen LogP contribution in [0.15, 0.2) is 162 Å². The van der Waals surface area contributed by atoms with E-state index in [0.29, 0.717) is 17.5 Å². The second-order valence-electron chi connectivity index (χ2n) is 12.3. The second kappa shape index (κ2) is 10.9. The molecule has 49 heavy (non-hydrogen) atoms. The zero-order chi connectivity index (χ0) is 32.3. The minimum atomic E-state index is 0.624. The number of furan rings is 1. The van der Waals surface area contributed by atoms with Crippen molar-refractivity contribution >= 4 is 54.3 Å². The Morgan fingerprint density at radius 2 is 0.878 bits per heavy atom. The summed E-state index contributed by atoms with van der Waals surface area (Å²) in [4.78, 5) is 19.3. The fourth-order valence-corrected chi connectivity index (χ4v) is 7.01. The SMILES string of the molecule is c1ccc(-c2nc(-c3ccc(-c4cccnc4)cc3)nc(-c3ccc4c(c3)c3ccccc3c3cc5oc6ccccc6c5cc43)n2)cc1. The first-order chi connectivity index (χ1) is 24.3. The standard InChI is InChI=1S/C44H26N4O/c1-2-9-28(10-3-1)42-46-43(29-18-16-27(17-19-29)31-11-8-22-45-26-31)48-44(47-42)30-20-21-34-36(23-30)32-12-4-5-13-33(32)38-25-41-39(24-37(34)38)35-14-6-7-15-40(35)49-41/h1-26H. The van der Waals surface area contributed by atoms with Crippen molar-refractivity contribution in [1.29, 1.82) is 0 Å². The molecule has 10 aromatic rings. The van der Waals surface area contributed by atoms with Gasteiger partial charge in [0.1, 0.15) is 11.2 Å². The average molecular weight is 627 g/mol. The molecule has 0 bridgehead atoms. The minimum Gasteiger partial charge on any atom is -0.456 e. The van der Waals surface area contributed by atoms with Crippen molar-refractivity contribution in [3.05, 3.63) is 158 Å². The molecule has 0 aliphatic rings. The van der Waals surface area contributed by atoms with Gasteiger partial charge in [-0.1, -0.05) is 115 Å². The van der Waals surface area contributed by atoms with E-state index in [1.54, 1.807) is 6.20 Å². The Hall–Kier alpha value is -6.72. The Morgan fingerprint density at radius 1 is 0.327 bits per heavy atom. The van der Waals surface area contributed by atoms with Crippen molar-refractivity contribution in [3.63, 3.8) is 0 Å². The molecule has 0 spiro atoms. The number of benzene rings is 7. The first-order valence-electron chi connectivity index (χ1n) is 16.3. The Morgan fingerprint density at radius 3 is 1.61 bits per heavy atom. The molecule has 0 radical (unpaired) electrons. The number of fused-ring (bicyclic) bond motifs is 9. The maximum atomic E-state index is 6.30. The lowest BCUT2D eigenvalue weighted by Gasteiger charge is -2.13. The van der Waals surface area contributed by atoms with Crippen LogP contribution in [0.4, 0.5) is 0 Å². The average Bonchev–Trinajstić information content (AvgIpc) is 3.55. The van der Waals surface area contributed by atoms with Gasteiger partial charge in [0.15, 0.2) is 17.5 Å². The number of hydrogen-bond donors (Lipinski definition) is 0. The van der Waals surface area contributed by atoms with Crippen LogP contribution < -0.4 is 0 Å². The Bertz CT molecular complexity index is 2860. The van der Waals surface area contributed by atoms with Gasteiger partial charge < -0.3 is 4.42 Å².